The van der Waals surface area contributed by atoms with Crippen LogP contribution in [0.3, 0.4) is 0 Å². The van der Waals surface area contributed by atoms with E-state index in [4.69, 9.17) is 5.73 Å². The van der Waals surface area contributed by atoms with Crippen LogP contribution in [0, 0.1) is 12.3 Å². The standard InChI is InChI=1S/C13H19N2O/c1-3-4-7-10(2)13(16)15-12-9-6-5-8-11(12)14/h3,5-6,8-10H,4,7,14H2,1-2H3,(H,15,16). The third-order valence-electron chi connectivity index (χ3n) is 2.55. The fraction of sp³-hybridized carbons (Fsp3) is 0.385. The number of anilines is 2. The topological polar surface area (TPSA) is 55.1 Å². The van der Waals surface area contributed by atoms with E-state index in [1.165, 1.54) is 0 Å². The number of nitrogens with two attached hydrogens (primary N) is 1. The zero-order valence-corrected chi connectivity index (χ0v) is 9.86. The van der Waals surface area contributed by atoms with Gasteiger partial charge in [-0.1, -0.05) is 26.0 Å². The van der Waals surface area contributed by atoms with Crippen molar-refractivity contribution in [2.24, 2.45) is 5.92 Å². The Bertz CT molecular complexity index is 350. The predicted molar refractivity (Wildman–Crippen MR) is 67.9 cm³/mol. The van der Waals surface area contributed by atoms with Gasteiger partial charge < -0.3 is 11.1 Å². The molecule has 1 unspecified atom stereocenters. The number of nitrogens with one attached hydrogen (secondary N) is 1. The number of unbranched alkanes of at least 4 members (excludes halogenated alkanes) is 1. The van der Waals surface area contributed by atoms with Crippen molar-refractivity contribution in [2.75, 3.05) is 11.1 Å². The van der Waals surface area contributed by atoms with Crippen LogP contribution in [0.15, 0.2) is 24.3 Å². The molecule has 0 fully saturated rings. The normalized spacial score (nSPS) is 12.1. The van der Waals surface area contributed by atoms with Gasteiger partial charge in [-0.2, -0.15) is 0 Å². The molecule has 0 aliphatic carbocycles. The molecule has 3 N–H and O–H groups in total. The molecule has 0 aliphatic heterocycles. The summed E-state index contributed by atoms with van der Waals surface area (Å²) in [6.07, 6.45) is 3.90. The molecule has 1 amide bonds. The van der Waals surface area contributed by atoms with Gasteiger partial charge in [0.1, 0.15) is 0 Å². The molecule has 0 spiro atoms. The first-order valence-corrected chi connectivity index (χ1v) is 5.58. The van der Waals surface area contributed by atoms with Crippen molar-refractivity contribution in [1.82, 2.24) is 0 Å². The van der Waals surface area contributed by atoms with Gasteiger partial charge in [0.15, 0.2) is 0 Å². The number of amides is 1. The van der Waals surface area contributed by atoms with E-state index in [1.807, 2.05) is 32.0 Å². The van der Waals surface area contributed by atoms with Crippen LogP contribution in [0.2, 0.25) is 0 Å². The number of benzene rings is 1. The largest absolute Gasteiger partial charge is 0.397 e. The summed E-state index contributed by atoms with van der Waals surface area (Å²) in [7, 11) is 0. The Labute approximate surface area is 97.0 Å². The van der Waals surface area contributed by atoms with Gasteiger partial charge in [0, 0.05) is 5.92 Å². The van der Waals surface area contributed by atoms with Crippen molar-refractivity contribution in [2.45, 2.75) is 26.7 Å². The smallest absolute Gasteiger partial charge is 0.227 e. The predicted octanol–water partition coefficient (Wildman–Crippen LogP) is 2.85. The summed E-state index contributed by atoms with van der Waals surface area (Å²) in [5.74, 6) is 0.0376. The Balaban J connectivity index is 2.54. The van der Waals surface area contributed by atoms with E-state index in [2.05, 4.69) is 11.7 Å². The van der Waals surface area contributed by atoms with Crippen LogP contribution < -0.4 is 11.1 Å². The summed E-state index contributed by atoms with van der Waals surface area (Å²) >= 11 is 0. The monoisotopic (exact) mass is 219 g/mol. The number of hydrogen-bond acceptors (Lipinski definition) is 2. The van der Waals surface area contributed by atoms with E-state index in [0.29, 0.717) is 11.4 Å². The first-order valence-electron chi connectivity index (χ1n) is 5.58. The summed E-state index contributed by atoms with van der Waals surface area (Å²) in [5.41, 5.74) is 7.04. The van der Waals surface area contributed by atoms with Gasteiger partial charge in [0.05, 0.1) is 11.4 Å². The second kappa shape index (κ2) is 6.16. The summed E-state index contributed by atoms with van der Waals surface area (Å²) in [6, 6.07) is 7.29. The molecule has 1 radical (unpaired) electrons. The minimum absolute atomic E-state index is 0.0100. The van der Waals surface area contributed by atoms with Crippen molar-refractivity contribution in [3.63, 3.8) is 0 Å². The second-order valence-corrected chi connectivity index (χ2v) is 3.96. The SMILES string of the molecule is C[CH]CCC(C)C(=O)Nc1ccccc1N. The van der Waals surface area contributed by atoms with E-state index >= 15 is 0 Å². The maximum absolute atomic E-state index is 11.8. The lowest BCUT2D eigenvalue weighted by Gasteiger charge is -2.12. The van der Waals surface area contributed by atoms with Crippen LogP contribution in [0.5, 0.6) is 0 Å². The van der Waals surface area contributed by atoms with Crippen LogP contribution >= 0.6 is 0 Å². The number of carbonyl (C=O) groups is 1. The summed E-state index contributed by atoms with van der Waals surface area (Å²) < 4.78 is 0. The van der Waals surface area contributed by atoms with Gasteiger partial charge in [-0.05, 0) is 31.4 Å². The highest BCUT2D eigenvalue weighted by Gasteiger charge is 2.12. The Morgan fingerprint density at radius 3 is 2.81 bits per heavy atom. The van der Waals surface area contributed by atoms with Gasteiger partial charge in [-0.15, -0.1) is 0 Å². The number of hydrogen-bond donors (Lipinski definition) is 2. The molecule has 0 aromatic heterocycles. The fourth-order valence-corrected chi connectivity index (χ4v) is 1.41. The highest BCUT2D eigenvalue weighted by molar-refractivity contribution is 5.95. The van der Waals surface area contributed by atoms with Crippen molar-refractivity contribution in [3.8, 4) is 0 Å². The van der Waals surface area contributed by atoms with Gasteiger partial charge in [0.2, 0.25) is 5.91 Å². The molecular formula is C13H19N2O. The lowest BCUT2D eigenvalue weighted by Crippen LogP contribution is -2.20. The molecule has 3 nitrogen and oxygen atoms in total. The number of nitrogen functional groups attached to an aromatic ring is 1. The van der Waals surface area contributed by atoms with E-state index < -0.39 is 0 Å². The molecule has 3 heteroatoms. The molecule has 0 saturated carbocycles. The second-order valence-electron chi connectivity index (χ2n) is 3.96. The highest BCUT2D eigenvalue weighted by Crippen LogP contribution is 2.18. The third kappa shape index (κ3) is 3.57. The van der Waals surface area contributed by atoms with Gasteiger partial charge in [-0.3, -0.25) is 4.79 Å². The van der Waals surface area contributed by atoms with Gasteiger partial charge in [-0.25, -0.2) is 0 Å². The van der Waals surface area contributed by atoms with E-state index in [1.54, 1.807) is 6.07 Å². The Hall–Kier alpha value is -1.51. The lowest BCUT2D eigenvalue weighted by atomic mass is 10.0. The summed E-state index contributed by atoms with van der Waals surface area (Å²) in [6.45, 7) is 3.93. The first kappa shape index (κ1) is 12.6. The minimum atomic E-state index is 0.0100. The molecular weight excluding hydrogens is 200 g/mol. The van der Waals surface area contributed by atoms with Gasteiger partial charge >= 0.3 is 0 Å². The summed E-state index contributed by atoms with van der Waals surface area (Å²) in [5, 5.41) is 2.84. The molecule has 0 bridgehead atoms. The molecule has 1 aromatic carbocycles. The Morgan fingerprint density at radius 1 is 1.50 bits per heavy atom. The molecule has 1 atom stereocenters. The average Bonchev–Trinajstić information content (AvgIpc) is 2.28. The van der Waals surface area contributed by atoms with Crippen molar-refractivity contribution < 1.29 is 4.79 Å². The summed E-state index contributed by atoms with van der Waals surface area (Å²) in [4.78, 5) is 11.8. The van der Waals surface area contributed by atoms with Crippen molar-refractivity contribution >= 4 is 17.3 Å². The number of rotatable bonds is 5. The van der Waals surface area contributed by atoms with Crippen LogP contribution in [0.4, 0.5) is 11.4 Å². The fourth-order valence-electron chi connectivity index (χ4n) is 1.41. The van der Waals surface area contributed by atoms with E-state index in [-0.39, 0.29) is 11.8 Å². The lowest BCUT2D eigenvalue weighted by molar-refractivity contribution is -0.119. The van der Waals surface area contributed by atoms with Crippen molar-refractivity contribution in [3.05, 3.63) is 30.7 Å². The van der Waals surface area contributed by atoms with E-state index in [9.17, 15) is 4.79 Å². The molecule has 16 heavy (non-hydrogen) atoms. The highest BCUT2D eigenvalue weighted by atomic mass is 16.1. The molecule has 87 valence electrons. The third-order valence-corrected chi connectivity index (χ3v) is 2.55. The molecule has 1 aromatic rings. The first-order chi connectivity index (χ1) is 7.65. The van der Waals surface area contributed by atoms with Crippen LogP contribution in [-0.4, -0.2) is 5.91 Å². The average molecular weight is 219 g/mol. The Morgan fingerprint density at radius 2 is 2.19 bits per heavy atom. The van der Waals surface area contributed by atoms with Crippen LogP contribution in [0.1, 0.15) is 26.7 Å². The maximum Gasteiger partial charge on any atom is 0.227 e. The van der Waals surface area contributed by atoms with E-state index in [0.717, 1.165) is 12.8 Å². The molecule has 0 heterocycles. The Kier molecular flexibility index (Phi) is 4.83. The maximum atomic E-state index is 11.8. The molecule has 1 rings (SSSR count). The minimum Gasteiger partial charge on any atom is -0.397 e. The number of carbonyl (C=O) groups excluding carboxylic acids is 1. The van der Waals surface area contributed by atoms with Crippen LogP contribution in [0.25, 0.3) is 0 Å². The number of para-hydroxylation sites is 2. The molecule has 0 saturated heterocycles. The van der Waals surface area contributed by atoms with Crippen molar-refractivity contribution in [1.29, 1.82) is 0 Å². The zero-order chi connectivity index (χ0) is 12.0. The quantitative estimate of drug-likeness (QED) is 0.748. The molecule has 0 aliphatic rings. The van der Waals surface area contributed by atoms with Crippen LogP contribution in [-0.2, 0) is 4.79 Å². The van der Waals surface area contributed by atoms with Gasteiger partial charge in [0.25, 0.3) is 0 Å². The zero-order valence-electron chi connectivity index (χ0n) is 9.86.